The van der Waals surface area contributed by atoms with E-state index in [4.69, 9.17) is 30.0 Å². The van der Waals surface area contributed by atoms with Gasteiger partial charge in [-0.25, -0.2) is 20.0 Å². The van der Waals surface area contributed by atoms with Crippen LogP contribution in [0.25, 0.3) is 0 Å². The smallest absolute Gasteiger partial charge is 0.161 e. The maximum absolute atomic E-state index is 10.5. The van der Waals surface area contributed by atoms with E-state index in [2.05, 4.69) is 55.5 Å². The van der Waals surface area contributed by atoms with Crippen LogP contribution in [0.5, 0.6) is 0 Å². The monoisotopic (exact) mass is 698 g/mol. The van der Waals surface area contributed by atoms with Gasteiger partial charge in [-0.15, -0.1) is 0 Å². The Balaban J connectivity index is 2.01. The number of rotatable bonds is 2. The molecule has 6 N–H and O–H groups in total. The van der Waals surface area contributed by atoms with E-state index in [-0.39, 0.29) is 79.6 Å². The first kappa shape index (κ1) is 36.8. The lowest BCUT2D eigenvalue weighted by molar-refractivity contribution is 0.585. The second-order valence-corrected chi connectivity index (χ2v) is 16.4. The third-order valence-electron chi connectivity index (χ3n) is 7.03. The quantitative estimate of drug-likeness (QED) is 0.256. The van der Waals surface area contributed by atoms with E-state index in [1.165, 1.54) is 0 Å². The van der Waals surface area contributed by atoms with Crippen molar-refractivity contribution >= 4 is 46.1 Å². The average molecular weight is 699 g/mol. The molecule has 16 heteroatoms. The van der Waals surface area contributed by atoms with Crippen molar-refractivity contribution in [3.05, 3.63) is 44.9 Å². The number of fused-ring (bicyclic) bond motifs is 8. The molecule has 2 aromatic heterocycles. The fourth-order valence-electron chi connectivity index (χ4n) is 5.30. The third kappa shape index (κ3) is 7.62. The van der Waals surface area contributed by atoms with Crippen LogP contribution in [0.3, 0.4) is 0 Å². The lowest BCUT2D eigenvalue weighted by Crippen LogP contribution is -2.30. The molecule has 5 rings (SSSR count). The SMILES string of the molecule is CC(C)(C)N=C1C2=Nc3[nH]c(c(NC(C)(C)C)c3C#N)N=C3NC(=C(C#N)C3=NC(C)(C)C)N=c3[nH]c(c(C#N)c3NC(C)(C)C)=NC(=C1C#N)N2. The van der Waals surface area contributed by atoms with Gasteiger partial charge in [-0.1, -0.05) is 0 Å². The molecule has 0 spiro atoms. The van der Waals surface area contributed by atoms with E-state index in [9.17, 15) is 21.0 Å². The molecule has 266 valence electrons. The van der Waals surface area contributed by atoms with Gasteiger partial charge in [0, 0.05) is 11.1 Å². The molecule has 52 heavy (non-hydrogen) atoms. The molecule has 16 nitrogen and oxygen atoms in total. The normalized spacial score (nSPS) is 17.5. The van der Waals surface area contributed by atoms with Crippen LogP contribution in [0, 0.1) is 45.3 Å². The molecule has 0 amide bonds. The average Bonchev–Trinajstić information content (AvgIpc) is 3.67. The minimum absolute atomic E-state index is 0.0807. The lowest BCUT2D eigenvalue weighted by Gasteiger charge is -2.22. The first-order valence-corrected chi connectivity index (χ1v) is 16.6. The molecular weight excluding hydrogens is 657 g/mol. The maximum atomic E-state index is 10.5. The van der Waals surface area contributed by atoms with Gasteiger partial charge in [0.1, 0.15) is 58.0 Å². The van der Waals surface area contributed by atoms with Crippen molar-refractivity contribution in [1.29, 1.82) is 21.0 Å². The van der Waals surface area contributed by atoms with Gasteiger partial charge in [-0.3, -0.25) is 9.98 Å². The number of H-pyrrole nitrogens is 2. The van der Waals surface area contributed by atoms with E-state index in [0.717, 1.165) is 0 Å². The highest BCUT2D eigenvalue weighted by Gasteiger charge is 2.34. The van der Waals surface area contributed by atoms with Crippen LogP contribution in [0.2, 0.25) is 0 Å². The van der Waals surface area contributed by atoms with E-state index in [0.29, 0.717) is 11.4 Å². The van der Waals surface area contributed by atoms with Gasteiger partial charge in [0.15, 0.2) is 45.9 Å². The number of hydrogen-bond donors (Lipinski definition) is 6. The zero-order valence-corrected chi connectivity index (χ0v) is 31.5. The molecule has 8 bridgehead atoms. The Morgan fingerprint density at radius 3 is 1.38 bits per heavy atom. The third-order valence-corrected chi connectivity index (χ3v) is 7.03. The van der Waals surface area contributed by atoms with Crippen molar-refractivity contribution < 1.29 is 0 Å². The highest BCUT2D eigenvalue weighted by Crippen LogP contribution is 2.39. The summed E-state index contributed by atoms with van der Waals surface area (Å²) in [6, 6.07) is 8.91. The van der Waals surface area contributed by atoms with Gasteiger partial charge >= 0.3 is 0 Å². The number of aromatic nitrogens is 2. The summed E-state index contributed by atoms with van der Waals surface area (Å²) >= 11 is 0. The van der Waals surface area contributed by atoms with Crippen molar-refractivity contribution in [2.24, 2.45) is 30.0 Å². The minimum Gasteiger partial charge on any atom is -0.376 e. The van der Waals surface area contributed by atoms with Crippen LogP contribution in [0.4, 0.5) is 23.0 Å². The Labute approximate surface area is 302 Å². The molecule has 3 aliphatic rings. The van der Waals surface area contributed by atoms with E-state index >= 15 is 0 Å². The predicted molar refractivity (Wildman–Crippen MR) is 200 cm³/mol. The predicted octanol–water partition coefficient (Wildman–Crippen LogP) is 4.68. The summed E-state index contributed by atoms with van der Waals surface area (Å²) < 4.78 is 0. The van der Waals surface area contributed by atoms with Crippen LogP contribution in [-0.4, -0.2) is 55.2 Å². The van der Waals surface area contributed by atoms with Crippen molar-refractivity contribution in [2.45, 2.75) is 105 Å². The standard InChI is InChI=1S/C36H42N16/c1-33(2,3)49-21-17(13-37)25-41-26-18(14-38)22(50-34(4,5)6)30(43-26)45-28-20(16-40)24(52-36(10,11)12)32(47-28)48-31-23(51-35(7,8)9)19(15-39)27(46-31)44-29(21)42-25/h46,50-51H,1-12H3,(H,42,44)(H,47,48)(H,41,43,45). The fraction of sp³-hybridized carbons (Fsp3) is 0.444. The van der Waals surface area contributed by atoms with Crippen molar-refractivity contribution in [3.63, 3.8) is 0 Å². The van der Waals surface area contributed by atoms with Gasteiger partial charge < -0.3 is 31.2 Å². The molecule has 0 saturated heterocycles. The Morgan fingerprint density at radius 1 is 0.519 bits per heavy atom. The Kier molecular flexibility index (Phi) is 8.95. The number of nitriles is 4. The van der Waals surface area contributed by atoms with Crippen LogP contribution < -0.4 is 32.2 Å². The first-order valence-electron chi connectivity index (χ1n) is 16.6. The van der Waals surface area contributed by atoms with Crippen molar-refractivity contribution in [2.75, 3.05) is 10.6 Å². The largest absolute Gasteiger partial charge is 0.376 e. The molecule has 2 aromatic rings. The molecule has 0 radical (unpaired) electrons. The second kappa shape index (κ2) is 12.7. The maximum Gasteiger partial charge on any atom is 0.161 e. The van der Waals surface area contributed by atoms with Gasteiger partial charge in [-0.05, 0) is 83.1 Å². The Hall–Kier alpha value is -6.52. The molecule has 0 aliphatic carbocycles. The molecule has 0 saturated carbocycles. The number of nitrogens with zero attached hydrogens (tertiary/aromatic N) is 10. The zero-order valence-electron chi connectivity index (χ0n) is 31.5. The van der Waals surface area contributed by atoms with Gasteiger partial charge in [0.2, 0.25) is 0 Å². The molecule has 0 atom stereocenters. The molecule has 3 aliphatic heterocycles. The van der Waals surface area contributed by atoms with Crippen molar-refractivity contribution in [3.8, 4) is 24.3 Å². The van der Waals surface area contributed by atoms with Gasteiger partial charge in [0.05, 0.1) is 22.5 Å². The Morgan fingerprint density at radius 2 is 0.962 bits per heavy atom. The molecule has 5 heterocycles. The number of aliphatic imine (C=N–C) groups is 4. The summed E-state index contributed by atoms with van der Waals surface area (Å²) in [5.74, 6) is 0.924. The number of amidine groups is 2. The van der Waals surface area contributed by atoms with Crippen LogP contribution in [0.15, 0.2) is 52.7 Å². The summed E-state index contributed by atoms with van der Waals surface area (Å²) in [6.45, 7) is 22.9. The second-order valence-electron chi connectivity index (χ2n) is 16.4. The van der Waals surface area contributed by atoms with Crippen LogP contribution in [-0.2, 0) is 0 Å². The highest BCUT2D eigenvalue weighted by atomic mass is 15.2. The van der Waals surface area contributed by atoms with E-state index < -0.39 is 22.2 Å². The molecule has 0 unspecified atom stereocenters. The number of anilines is 2. The number of nitrogens with one attached hydrogen (secondary N) is 6. The van der Waals surface area contributed by atoms with Gasteiger partial charge in [0.25, 0.3) is 0 Å². The summed E-state index contributed by atoms with van der Waals surface area (Å²) in [5, 5.41) is 55.0. The van der Waals surface area contributed by atoms with E-state index in [1.807, 2.05) is 83.1 Å². The summed E-state index contributed by atoms with van der Waals surface area (Å²) in [5.41, 5.74) is -0.371. The summed E-state index contributed by atoms with van der Waals surface area (Å²) in [7, 11) is 0. The van der Waals surface area contributed by atoms with E-state index in [1.54, 1.807) is 0 Å². The van der Waals surface area contributed by atoms with Crippen LogP contribution >= 0.6 is 0 Å². The number of aromatic amines is 2. The highest BCUT2D eigenvalue weighted by molar-refractivity contribution is 6.52. The topological polar surface area (TPSA) is 249 Å². The van der Waals surface area contributed by atoms with Crippen LogP contribution in [0.1, 0.15) is 94.2 Å². The molecule has 0 fully saturated rings. The first-order chi connectivity index (χ1) is 24.0. The zero-order chi connectivity index (χ0) is 38.6. The summed E-state index contributed by atoms with van der Waals surface area (Å²) in [4.78, 5) is 35.3. The molecular formula is C36H42N16. The fourth-order valence-corrected chi connectivity index (χ4v) is 5.30. The minimum atomic E-state index is -0.641. The van der Waals surface area contributed by atoms with Gasteiger partial charge in [-0.2, -0.15) is 21.0 Å². The number of hydrogen-bond acceptors (Lipinski definition) is 14. The van der Waals surface area contributed by atoms with Crippen molar-refractivity contribution in [1.82, 2.24) is 20.6 Å². The molecule has 0 aromatic carbocycles. The Bertz CT molecular complexity index is 2360. The lowest BCUT2D eigenvalue weighted by atomic mass is 10.1. The summed E-state index contributed by atoms with van der Waals surface area (Å²) in [6.07, 6.45) is 0.